The molecular formula is C17H13ClFN3O2. The maximum atomic E-state index is 13.7. The Bertz CT molecular complexity index is 780. The number of nitrogens with zero attached hydrogens (tertiary/aromatic N) is 1. The van der Waals surface area contributed by atoms with Gasteiger partial charge >= 0.3 is 0 Å². The first-order valence-electron chi connectivity index (χ1n) is 6.99. The molecule has 2 aromatic rings. The molecule has 2 aromatic carbocycles. The number of carbonyl (C=O) groups excluding carboxylic acids is 2. The quantitative estimate of drug-likeness (QED) is 0.872. The Morgan fingerprint density at radius 2 is 1.88 bits per heavy atom. The van der Waals surface area contributed by atoms with E-state index in [0.717, 1.165) is 11.6 Å². The Labute approximate surface area is 143 Å². The van der Waals surface area contributed by atoms with Gasteiger partial charge in [-0.25, -0.2) is 4.39 Å². The first-order valence-corrected chi connectivity index (χ1v) is 7.37. The van der Waals surface area contributed by atoms with Crippen molar-refractivity contribution in [1.82, 2.24) is 5.32 Å². The molecule has 0 radical (unpaired) electrons. The van der Waals surface area contributed by atoms with Crippen LogP contribution in [-0.4, -0.2) is 11.8 Å². The number of hydrogen-bond donors (Lipinski definition) is 2. The van der Waals surface area contributed by atoms with Crippen LogP contribution < -0.4 is 10.6 Å². The van der Waals surface area contributed by atoms with Crippen LogP contribution in [0.2, 0.25) is 5.02 Å². The van der Waals surface area contributed by atoms with Crippen molar-refractivity contribution in [3.8, 4) is 6.07 Å². The molecule has 0 spiro atoms. The smallest absolute Gasteiger partial charge is 0.260 e. The maximum absolute atomic E-state index is 13.7. The number of carbonyl (C=O) groups is 2. The third kappa shape index (κ3) is 4.54. The van der Waals surface area contributed by atoms with Crippen LogP contribution in [0.1, 0.15) is 22.3 Å². The van der Waals surface area contributed by atoms with E-state index in [2.05, 4.69) is 10.6 Å². The summed E-state index contributed by atoms with van der Waals surface area (Å²) >= 11 is 5.85. The van der Waals surface area contributed by atoms with Crippen LogP contribution in [0.5, 0.6) is 0 Å². The summed E-state index contributed by atoms with van der Waals surface area (Å²) in [6.45, 7) is 0.272. The van der Waals surface area contributed by atoms with E-state index in [1.54, 1.807) is 30.3 Å². The van der Waals surface area contributed by atoms with Gasteiger partial charge in [0.2, 0.25) is 5.91 Å². The van der Waals surface area contributed by atoms with E-state index in [4.69, 9.17) is 16.9 Å². The standard InChI is InChI=1S/C17H13ClFN3O2/c18-13-2-1-3-14(19)16(13)17(24)22-12-6-4-11(5-7-12)10-21-15(23)8-9-20/h1-7H,8,10H2,(H,21,23)(H,22,24). The molecule has 0 bridgehead atoms. The number of nitrogens with one attached hydrogen (secondary N) is 2. The lowest BCUT2D eigenvalue weighted by atomic mass is 10.1. The summed E-state index contributed by atoms with van der Waals surface area (Å²) in [7, 11) is 0. The van der Waals surface area contributed by atoms with E-state index in [1.807, 2.05) is 0 Å². The molecule has 2 amide bonds. The Morgan fingerprint density at radius 3 is 2.50 bits per heavy atom. The minimum atomic E-state index is -0.697. The molecule has 0 aliphatic heterocycles. The third-order valence-electron chi connectivity index (χ3n) is 3.13. The molecule has 24 heavy (non-hydrogen) atoms. The molecule has 0 unspecified atom stereocenters. The van der Waals surface area contributed by atoms with Crippen LogP contribution in [0.15, 0.2) is 42.5 Å². The van der Waals surface area contributed by atoms with Crippen LogP contribution in [0, 0.1) is 17.1 Å². The second-order valence-corrected chi connectivity index (χ2v) is 5.27. The number of rotatable bonds is 5. The van der Waals surface area contributed by atoms with Gasteiger partial charge in [-0.05, 0) is 29.8 Å². The van der Waals surface area contributed by atoms with Gasteiger partial charge in [-0.15, -0.1) is 0 Å². The van der Waals surface area contributed by atoms with E-state index in [0.29, 0.717) is 5.69 Å². The summed E-state index contributed by atoms with van der Waals surface area (Å²) in [6, 6.07) is 12.4. The average Bonchev–Trinajstić information content (AvgIpc) is 2.54. The fourth-order valence-corrected chi connectivity index (χ4v) is 2.20. The number of halogens is 2. The number of benzene rings is 2. The number of anilines is 1. The normalized spacial score (nSPS) is 9.88. The maximum Gasteiger partial charge on any atom is 0.260 e. The van der Waals surface area contributed by atoms with Crippen molar-refractivity contribution in [3.63, 3.8) is 0 Å². The van der Waals surface area contributed by atoms with Gasteiger partial charge in [0.05, 0.1) is 16.7 Å². The zero-order valence-corrected chi connectivity index (χ0v) is 13.2. The summed E-state index contributed by atoms with van der Waals surface area (Å²) in [4.78, 5) is 23.3. The Morgan fingerprint density at radius 1 is 1.17 bits per heavy atom. The van der Waals surface area contributed by atoms with E-state index < -0.39 is 11.7 Å². The first-order chi connectivity index (χ1) is 11.5. The lowest BCUT2D eigenvalue weighted by molar-refractivity contribution is -0.120. The van der Waals surface area contributed by atoms with Gasteiger partial charge in [-0.2, -0.15) is 5.26 Å². The minimum absolute atomic E-state index is 0.0318. The van der Waals surface area contributed by atoms with Crippen LogP contribution >= 0.6 is 11.6 Å². The molecule has 0 aliphatic rings. The van der Waals surface area contributed by atoms with Gasteiger partial charge in [0.1, 0.15) is 12.2 Å². The number of nitriles is 1. The molecule has 0 heterocycles. The molecule has 0 saturated carbocycles. The van der Waals surface area contributed by atoms with Crippen molar-refractivity contribution in [3.05, 3.63) is 64.4 Å². The lowest BCUT2D eigenvalue weighted by Crippen LogP contribution is -2.21. The van der Waals surface area contributed by atoms with Crippen LogP contribution in [-0.2, 0) is 11.3 Å². The molecule has 0 saturated heterocycles. The molecule has 5 nitrogen and oxygen atoms in total. The minimum Gasteiger partial charge on any atom is -0.351 e. The van der Waals surface area contributed by atoms with Crippen molar-refractivity contribution in [2.45, 2.75) is 13.0 Å². The van der Waals surface area contributed by atoms with E-state index in [9.17, 15) is 14.0 Å². The van der Waals surface area contributed by atoms with E-state index in [1.165, 1.54) is 12.1 Å². The predicted octanol–water partition coefficient (Wildman–Crippen LogP) is 3.26. The third-order valence-corrected chi connectivity index (χ3v) is 3.45. The van der Waals surface area contributed by atoms with Crippen molar-refractivity contribution in [2.24, 2.45) is 0 Å². The topological polar surface area (TPSA) is 82.0 Å². The first kappa shape index (κ1) is 17.4. The molecule has 2 rings (SSSR count). The highest BCUT2D eigenvalue weighted by Gasteiger charge is 2.15. The largest absolute Gasteiger partial charge is 0.351 e. The van der Waals surface area contributed by atoms with E-state index in [-0.39, 0.29) is 29.5 Å². The average molecular weight is 346 g/mol. The van der Waals surface area contributed by atoms with Gasteiger partial charge in [0.15, 0.2) is 0 Å². The highest BCUT2D eigenvalue weighted by atomic mass is 35.5. The van der Waals surface area contributed by atoms with Crippen LogP contribution in [0.25, 0.3) is 0 Å². The van der Waals surface area contributed by atoms with Crippen LogP contribution in [0.4, 0.5) is 10.1 Å². The zero-order valence-electron chi connectivity index (χ0n) is 12.5. The second kappa shape index (κ2) is 8.09. The SMILES string of the molecule is N#CCC(=O)NCc1ccc(NC(=O)c2c(F)cccc2Cl)cc1. The Hall–Kier alpha value is -2.91. The summed E-state index contributed by atoms with van der Waals surface area (Å²) in [5.74, 6) is -1.70. The lowest BCUT2D eigenvalue weighted by Gasteiger charge is -2.09. The number of hydrogen-bond acceptors (Lipinski definition) is 3. The molecule has 0 aliphatic carbocycles. The molecule has 122 valence electrons. The highest BCUT2D eigenvalue weighted by Crippen LogP contribution is 2.20. The van der Waals surface area contributed by atoms with Crippen molar-refractivity contribution >= 4 is 29.1 Å². The van der Waals surface area contributed by atoms with Gasteiger partial charge in [-0.3, -0.25) is 9.59 Å². The Kier molecular flexibility index (Phi) is 5.88. The van der Waals surface area contributed by atoms with Crippen LogP contribution in [0.3, 0.4) is 0 Å². The number of amides is 2. The van der Waals surface area contributed by atoms with Gasteiger partial charge < -0.3 is 10.6 Å². The summed E-state index contributed by atoms with van der Waals surface area (Å²) in [5, 5.41) is 13.6. The fraction of sp³-hybridized carbons (Fsp3) is 0.118. The van der Waals surface area contributed by atoms with Gasteiger partial charge in [-0.1, -0.05) is 29.8 Å². The Balaban J connectivity index is 2.00. The van der Waals surface area contributed by atoms with Gasteiger partial charge in [0.25, 0.3) is 5.91 Å². The van der Waals surface area contributed by atoms with E-state index >= 15 is 0 Å². The second-order valence-electron chi connectivity index (χ2n) is 4.86. The molecular weight excluding hydrogens is 333 g/mol. The summed E-state index contributed by atoms with van der Waals surface area (Å²) in [6.07, 6.45) is -0.197. The zero-order chi connectivity index (χ0) is 17.5. The molecule has 2 N–H and O–H groups in total. The molecule has 7 heteroatoms. The monoisotopic (exact) mass is 345 g/mol. The molecule has 0 atom stereocenters. The highest BCUT2D eigenvalue weighted by molar-refractivity contribution is 6.34. The summed E-state index contributed by atoms with van der Waals surface area (Å²) < 4.78 is 13.7. The fourth-order valence-electron chi connectivity index (χ4n) is 1.95. The van der Waals surface area contributed by atoms with Crippen molar-refractivity contribution < 1.29 is 14.0 Å². The van der Waals surface area contributed by atoms with Gasteiger partial charge in [0, 0.05) is 12.2 Å². The molecule has 0 aromatic heterocycles. The predicted molar refractivity (Wildman–Crippen MR) is 87.9 cm³/mol. The van der Waals surface area contributed by atoms with Crippen molar-refractivity contribution in [1.29, 1.82) is 5.26 Å². The summed E-state index contributed by atoms with van der Waals surface area (Å²) in [5.41, 5.74) is 1.04. The molecule has 0 fully saturated rings. The van der Waals surface area contributed by atoms with Crippen molar-refractivity contribution in [2.75, 3.05) is 5.32 Å².